The lowest BCUT2D eigenvalue weighted by atomic mass is 10.1. The molecule has 0 atom stereocenters. The summed E-state index contributed by atoms with van der Waals surface area (Å²) in [7, 11) is 6.06. The molecule has 0 unspecified atom stereocenters. The number of nitrogens with zero attached hydrogens (tertiary/aromatic N) is 1. The number of methoxy groups -OCH3 is 3. The van der Waals surface area contributed by atoms with Gasteiger partial charge in [0.25, 0.3) is 5.91 Å². The lowest BCUT2D eigenvalue weighted by Gasteiger charge is -2.19. The van der Waals surface area contributed by atoms with Crippen LogP contribution < -0.4 is 14.2 Å². The van der Waals surface area contributed by atoms with Crippen molar-refractivity contribution in [2.75, 3.05) is 35.0 Å². The van der Waals surface area contributed by atoms with E-state index in [1.165, 1.54) is 43.9 Å². The van der Waals surface area contributed by atoms with Crippen molar-refractivity contribution in [3.05, 3.63) is 52.6 Å². The van der Waals surface area contributed by atoms with Crippen LogP contribution in [0.4, 0.5) is 0 Å². The van der Waals surface area contributed by atoms with E-state index in [9.17, 15) is 9.59 Å². The summed E-state index contributed by atoms with van der Waals surface area (Å²) in [5.74, 6) is 0.0771. The number of hydrogen-bond donors (Lipinski definition) is 0. The molecule has 0 saturated heterocycles. The molecule has 2 aromatic rings. The van der Waals surface area contributed by atoms with Gasteiger partial charge >= 0.3 is 5.97 Å². The van der Waals surface area contributed by atoms with E-state index in [4.69, 9.17) is 18.9 Å². The Morgan fingerprint density at radius 3 is 2.07 bits per heavy atom. The quantitative estimate of drug-likeness (QED) is 0.633. The third-order valence-corrected chi connectivity index (χ3v) is 4.56. The van der Waals surface area contributed by atoms with E-state index in [1.807, 2.05) is 26.0 Å². The van der Waals surface area contributed by atoms with Crippen LogP contribution in [0.2, 0.25) is 0 Å². The van der Waals surface area contributed by atoms with Crippen LogP contribution in [0.25, 0.3) is 0 Å². The van der Waals surface area contributed by atoms with Gasteiger partial charge in [-0.15, -0.1) is 0 Å². The summed E-state index contributed by atoms with van der Waals surface area (Å²) < 4.78 is 20.9. The molecule has 7 nitrogen and oxygen atoms in total. The van der Waals surface area contributed by atoms with Gasteiger partial charge in [0.2, 0.25) is 5.75 Å². The van der Waals surface area contributed by atoms with Crippen molar-refractivity contribution >= 4 is 11.9 Å². The van der Waals surface area contributed by atoms with Crippen LogP contribution in [0.1, 0.15) is 27.0 Å². The Kier molecular flexibility index (Phi) is 7.47. The van der Waals surface area contributed by atoms with Gasteiger partial charge in [-0.3, -0.25) is 4.79 Å². The second-order valence-electron chi connectivity index (χ2n) is 6.67. The molecule has 2 rings (SSSR count). The Labute approximate surface area is 171 Å². The molecular formula is C22H27NO6. The molecule has 0 aromatic heterocycles. The Bertz CT molecular complexity index is 868. The number of carbonyl (C=O) groups excluding carboxylic acids is 2. The molecule has 0 spiro atoms. The van der Waals surface area contributed by atoms with Crippen LogP contribution in [0.15, 0.2) is 30.3 Å². The number of likely N-dealkylation sites (N-methyl/N-ethyl adjacent to an activating group) is 1. The highest BCUT2D eigenvalue weighted by Crippen LogP contribution is 2.38. The normalized spacial score (nSPS) is 10.3. The molecule has 0 N–H and O–H groups in total. The molecule has 0 aliphatic rings. The second-order valence-corrected chi connectivity index (χ2v) is 6.67. The van der Waals surface area contributed by atoms with Crippen molar-refractivity contribution in [1.82, 2.24) is 4.90 Å². The molecule has 29 heavy (non-hydrogen) atoms. The molecular weight excluding hydrogens is 374 g/mol. The minimum absolute atomic E-state index is 0.198. The molecule has 0 heterocycles. The summed E-state index contributed by atoms with van der Waals surface area (Å²) in [5.41, 5.74) is 3.52. The van der Waals surface area contributed by atoms with Gasteiger partial charge in [-0.1, -0.05) is 23.8 Å². The van der Waals surface area contributed by atoms with Gasteiger partial charge in [0, 0.05) is 13.6 Å². The van der Waals surface area contributed by atoms with Gasteiger partial charge in [0.1, 0.15) is 0 Å². The topological polar surface area (TPSA) is 74.3 Å². The van der Waals surface area contributed by atoms with Gasteiger partial charge in [0.05, 0.1) is 26.9 Å². The average Bonchev–Trinajstić information content (AvgIpc) is 2.72. The predicted octanol–water partition coefficient (Wildman–Crippen LogP) is 3.14. The van der Waals surface area contributed by atoms with Crippen LogP contribution in [0.3, 0.4) is 0 Å². The third-order valence-electron chi connectivity index (χ3n) is 4.56. The predicted molar refractivity (Wildman–Crippen MR) is 109 cm³/mol. The molecule has 156 valence electrons. The number of carbonyl (C=O) groups is 2. The van der Waals surface area contributed by atoms with E-state index in [-0.39, 0.29) is 18.1 Å². The van der Waals surface area contributed by atoms with Gasteiger partial charge in [-0.25, -0.2) is 4.79 Å². The number of rotatable bonds is 8. The standard InChI is InChI=1S/C22H27NO6/c1-14-7-8-16(15(2)9-14)12-23(3)20(24)13-29-22(25)17-10-18(26-4)21(28-6)19(11-17)27-5/h7-11H,12-13H2,1-6H3. The Morgan fingerprint density at radius 2 is 1.55 bits per heavy atom. The van der Waals surface area contributed by atoms with Crippen LogP contribution in [0.5, 0.6) is 17.2 Å². The Hall–Kier alpha value is -3.22. The number of esters is 1. The molecule has 2 aromatic carbocycles. The van der Waals surface area contributed by atoms with Gasteiger partial charge < -0.3 is 23.8 Å². The van der Waals surface area contributed by atoms with Crippen molar-refractivity contribution in [2.24, 2.45) is 0 Å². The van der Waals surface area contributed by atoms with Crippen molar-refractivity contribution < 1.29 is 28.5 Å². The summed E-state index contributed by atoms with van der Waals surface area (Å²) in [6, 6.07) is 9.03. The molecule has 1 amide bonds. The Morgan fingerprint density at radius 1 is 0.931 bits per heavy atom. The van der Waals surface area contributed by atoms with E-state index in [2.05, 4.69) is 6.07 Å². The largest absolute Gasteiger partial charge is 0.493 e. The smallest absolute Gasteiger partial charge is 0.338 e. The van der Waals surface area contributed by atoms with E-state index in [0.717, 1.165) is 11.1 Å². The lowest BCUT2D eigenvalue weighted by Crippen LogP contribution is -2.31. The van der Waals surface area contributed by atoms with Crippen LogP contribution in [0, 0.1) is 13.8 Å². The zero-order chi connectivity index (χ0) is 21.6. The minimum Gasteiger partial charge on any atom is -0.493 e. The summed E-state index contributed by atoms with van der Waals surface area (Å²) >= 11 is 0. The maximum absolute atomic E-state index is 12.4. The van der Waals surface area contributed by atoms with Gasteiger partial charge in [0.15, 0.2) is 18.1 Å². The van der Waals surface area contributed by atoms with E-state index >= 15 is 0 Å². The first-order chi connectivity index (χ1) is 13.8. The fraction of sp³-hybridized carbons (Fsp3) is 0.364. The number of hydrogen-bond acceptors (Lipinski definition) is 6. The third kappa shape index (κ3) is 5.40. The summed E-state index contributed by atoms with van der Waals surface area (Å²) in [4.78, 5) is 26.3. The van der Waals surface area contributed by atoms with Crippen molar-refractivity contribution in [1.29, 1.82) is 0 Å². The molecule has 0 aliphatic carbocycles. The number of amides is 1. The zero-order valence-electron chi connectivity index (χ0n) is 17.7. The highest BCUT2D eigenvalue weighted by molar-refractivity contribution is 5.92. The van der Waals surface area contributed by atoms with E-state index in [1.54, 1.807) is 7.05 Å². The van der Waals surface area contributed by atoms with Gasteiger partial charge in [-0.2, -0.15) is 0 Å². The molecule has 0 saturated carbocycles. The first-order valence-corrected chi connectivity index (χ1v) is 9.08. The zero-order valence-corrected chi connectivity index (χ0v) is 17.7. The second kappa shape index (κ2) is 9.82. The highest BCUT2D eigenvalue weighted by Gasteiger charge is 2.19. The van der Waals surface area contributed by atoms with Crippen LogP contribution in [-0.2, 0) is 16.1 Å². The monoisotopic (exact) mass is 401 g/mol. The fourth-order valence-corrected chi connectivity index (χ4v) is 2.89. The number of benzene rings is 2. The summed E-state index contributed by atoms with van der Waals surface area (Å²) in [5, 5.41) is 0. The van der Waals surface area contributed by atoms with E-state index in [0.29, 0.717) is 23.8 Å². The number of ether oxygens (including phenoxy) is 4. The van der Waals surface area contributed by atoms with Gasteiger partial charge in [-0.05, 0) is 37.1 Å². The Balaban J connectivity index is 2.03. The molecule has 0 aliphatic heterocycles. The maximum Gasteiger partial charge on any atom is 0.338 e. The lowest BCUT2D eigenvalue weighted by molar-refractivity contribution is -0.133. The highest BCUT2D eigenvalue weighted by atomic mass is 16.5. The molecule has 0 bridgehead atoms. The van der Waals surface area contributed by atoms with Crippen molar-refractivity contribution in [3.63, 3.8) is 0 Å². The summed E-state index contributed by atoms with van der Waals surface area (Å²) in [6.07, 6.45) is 0. The van der Waals surface area contributed by atoms with Crippen molar-refractivity contribution in [3.8, 4) is 17.2 Å². The van der Waals surface area contributed by atoms with Crippen LogP contribution in [-0.4, -0.2) is 51.8 Å². The molecule has 0 radical (unpaired) electrons. The molecule has 7 heteroatoms. The fourth-order valence-electron chi connectivity index (χ4n) is 2.89. The number of aryl methyl sites for hydroxylation is 2. The van der Waals surface area contributed by atoms with E-state index < -0.39 is 5.97 Å². The first kappa shape index (κ1) is 22.1. The SMILES string of the molecule is COc1cc(C(=O)OCC(=O)N(C)Cc2ccc(C)cc2C)cc(OC)c1OC. The summed E-state index contributed by atoms with van der Waals surface area (Å²) in [6.45, 7) is 4.10. The van der Waals surface area contributed by atoms with Crippen LogP contribution >= 0.6 is 0 Å². The molecule has 0 fully saturated rings. The average molecular weight is 401 g/mol. The first-order valence-electron chi connectivity index (χ1n) is 9.08. The minimum atomic E-state index is -0.655. The maximum atomic E-state index is 12.4. The van der Waals surface area contributed by atoms with Crippen molar-refractivity contribution in [2.45, 2.75) is 20.4 Å².